The molecule has 3 rings (SSSR count). The van der Waals surface area contributed by atoms with Gasteiger partial charge in [0.1, 0.15) is 6.10 Å². The highest BCUT2D eigenvalue weighted by atomic mass is 19.4. The van der Waals surface area contributed by atoms with Crippen LogP contribution in [0, 0.1) is 0 Å². The molecule has 2 aromatic rings. The van der Waals surface area contributed by atoms with E-state index >= 15 is 0 Å². The van der Waals surface area contributed by atoms with Crippen molar-refractivity contribution in [2.75, 3.05) is 18.0 Å². The molecule has 1 aliphatic rings. The van der Waals surface area contributed by atoms with Crippen molar-refractivity contribution in [2.45, 2.75) is 31.4 Å². The molecule has 1 saturated heterocycles. The molecule has 2 aromatic carbocycles. The SMILES string of the molecule is C[C@@H]1CN(c2ccccc2C(=O)C(O)c2ccccc2)C[C@@H](C(F)(F)F)O1. The molecule has 0 aromatic heterocycles. The average Bonchev–Trinajstić information content (AvgIpc) is 2.66. The number of benzene rings is 2. The monoisotopic (exact) mass is 379 g/mol. The Morgan fingerprint density at radius 2 is 1.74 bits per heavy atom. The summed E-state index contributed by atoms with van der Waals surface area (Å²) in [6.45, 7) is 1.38. The molecule has 144 valence electrons. The van der Waals surface area contributed by atoms with Crippen LogP contribution in [-0.2, 0) is 4.74 Å². The van der Waals surface area contributed by atoms with Gasteiger partial charge in [-0.2, -0.15) is 13.2 Å². The van der Waals surface area contributed by atoms with E-state index in [0.29, 0.717) is 11.3 Å². The van der Waals surface area contributed by atoms with Crippen molar-refractivity contribution in [3.8, 4) is 0 Å². The van der Waals surface area contributed by atoms with Crippen LogP contribution in [0.2, 0.25) is 0 Å². The van der Waals surface area contributed by atoms with Crippen LogP contribution >= 0.6 is 0 Å². The molecular weight excluding hydrogens is 359 g/mol. The van der Waals surface area contributed by atoms with E-state index in [1.807, 2.05) is 0 Å². The van der Waals surface area contributed by atoms with E-state index in [0.717, 1.165) is 0 Å². The zero-order valence-corrected chi connectivity index (χ0v) is 14.7. The van der Waals surface area contributed by atoms with Crippen LogP contribution < -0.4 is 4.90 Å². The van der Waals surface area contributed by atoms with E-state index in [-0.39, 0.29) is 12.1 Å². The molecule has 1 fully saturated rings. The van der Waals surface area contributed by atoms with Crippen LogP contribution in [0.5, 0.6) is 0 Å². The molecular formula is C20H20F3NO3. The van der Waals surface area contributed by atoms with Gasteiger partial charge in [-0.25, -0.2) is 0 Å². The third-order valence-corrected chi connectivity index (χ3v) is 4.50. The molecule has 0 spiro atoms. The lowest BCUT2D eigenvalue weighted by Crippen LogP contribution is -2.52. The molecule has 1 N–H and O–H groups in total. The Labute approximate surface area is 155 Å². The number of para-hydroxylation sites is 1. The van der Waals surface area contributed by atoms with Gasteiger partial charge in [0, 0.05) is 17.8 Å². The zero-order valence-electron chi connectivity index (χ0n) is 14.7. The second-order valence-electron chi connectivity index (χ2n) is 6.58. The third-order valence-electron chi connectivity index (χ3n) is 4.50. The fourth-order valence-electron chi connectivity index (χ4n) is 3.22. The summed E-state index contributed by atoms with van der Waals surface area (Å²) in [5.74, 6) is -0.556. The summed E-state index contributed by atoms with van der Waals surface area (Å²) < 4.78 is 44.5. The van der Waals surface area contributed by atoms with Crippen molar-refractivity contribution in [2.24, 2.45) is 0 Å². The van der Waals surface area contributed by atoms with E-state index in [4.69, 9.17) is 4.74 Å². The van der Waals surface area contributed by atoms with Gasteiger partial charge in [0.05, 0.1) is 12.6 Å². The van der Waals surface area contributed by atoms with E-state index in [2.05, 4.69) is 0 Å². The number of anilines is 1. The fraction of sp³-hybridized carbons (Fsp3) is 0.350. The first-order valence-corrected chi connectivity index (χ1v) is 8.60. The molecule has 4 nitrogen and oxygen atoms in total. The molecule has 0 bridgehead atoms. The van der Waals surface area contributed by atoms with Gasteiger partial charge in [-0.05, 0) is 24.6 Å². The second-order valence-corrected chi connectivity index (χ2v) is 6.58. The molecule has 0 amide bonds. The van der Waals surface area contributed by atoms with Crippen LogP contribution in [0.25, 0.3) is 0 Å². The van der Waals surface area contributed by atoms with Crippen LogP contribution in [-0.4, -0.2) is 42.4 Å². The predicted molar refractivity (Wildman–Crippen MR) is 94.8 cm³/mol. The molecule has 27 heavy (non-hydrogen) atoms. The number of morpholine rings is 1. The van der Waals surface area contributed by atoms with Gasteiger partial charge in [0.25, 0.3) is 0 Å². The Morgan fingerprint density at radius 3 is 2.41 bits per heavy atom. The van der Waals surface area contributed by atoms with Gasteiger partial charge < -0.3 is 14.7 Å². The Kier molecular flexibility index (Phi) is 5.53. The normalized spacial score (nSPS) is 21.7. The smallest absolute Gasteiger partial charge is 0.380 e. The lowest BCUT2D eigenvalue weighted by atomic mass is 9.97. The van der Waals surface area contributed by atoms with E-state index in [1.165, 1.54) is 11.0 Å². The van der Waals surface area contributed by atoms with Crippen molar-refractivity contribution in [1.82, 2.24) is 0 Å². The maximum Gasteiger partial charge on any atom is 0.416 e. The Bertz CT molecular complexity index is 795. The summed E-state index contributed by atoms with van der Waals surface area (Å²) in [4.78, 5) is 14.3. The van der Waals surface area contributed by atoms with Gasteiger partial charge >= 0.3 is 6.18 Å². The first-order chi connectivity index (χ1) is 12.8. The standard InChI is InChI=1S/C20H20F3NO3/c1-13-11-24(12-17(27-13)20(21,22)23)16-10-6-5-9-15(16)19(26)18(25)14-7-3-2-4-8-14/h2-10,13,17-18,25H,11-12H2,1H3/t13-,17+,18?/m1/s1. The number of halogens is 3. The number of hydrogen-bond acceptors (Lipinski definition) is 4. The van der Waals surface area contributed by atoms with E-state index < -0.39 is 36.8 Å². The number of aliphatic hydroxyl groups is 1. The number of hydrogen-bond donors (Lipinski definition) is 1. The summed E-state index contributed by atoms with van der Waals surface area (Å²) in [5.41, 5.74) is 0.978. The van der Waals surface area contributed by atoms with Crippen LogP contribution in [0.15, 0.2) is 54.6 Å². The largest absolute Gasteiger partial charge is 0.416 e. The minimum atomic E-state index is -4.49. The quantitative estimate of drug-likeness (QED) is 0.822. The summed E-state index contributed by atoms with van der Waals surface area (Å²) in [5, 5.41) is 10.4. The number of carbonyl (C=O) groups is 1. The molecule has 0 aliphatic carbocycles. The van der Waals surface area contributed by atoms with E-state index in [9.17, 15) is 23.1 Å². The van der Waals surface area contributed by atoms with Gasteiger partial charge in [-0.3, -0.25) is 4.79 Å². The van der Waals surface area contributed by atoms with E-state index in [1.54, 1.807) is 55.5 Å². The predicted octanol–water partition coefficient (Wildman–Crippen LogP) is 3.76. The number of rotatable bonds is 4. The molecule has 0 saturated carbocycles. The number of carbonyl (C=O) groups excluding carboxylic acids is 1. The van der Waals surface area contributed by atoms with Crippen LogP contribution in [0.4, 0.5) is 18.9 Å². The average molecular weight is 379 g/mol. The Morgan fingerprint density at radius 1 is 1.11 bits per heavy atom. The lowest BCUT2D eigenvalue weighted by molar-refractivity contribution is -0.233. The lowest BCUT2D eigenvalue weighted by Gasteiger charge is -2.39. The molecule has 7 heteroatoms. The molecule has 0 radical (unpaired) electrons. The molecule has 3 atom stereocenters. The third kappa shape index (κ3) is 4.31. The number of ketones is 1. The Hall–Kier alpha value is -2.38. The summed E-state index contributed by atoms with van der Waals surface area (Å²) >= 11 is 0. The molecule has 1 aliphatic heterocycles. The summed E-state index contributed by atoms with van der Waals surface area (Å²) in [6, 6.07) is 14.8. The van der Waals surface area contributed by atoms with Crippen molar-refractivity contribution < 1.29 is 27.8 Å². The fourth-order valence-corrected chi connectivity index (χ4v) is 3.22. The van der Waals surface area contributed by atoms with Crippen molar-refractivity contribution >= 4 is 11.5 Å². The number of ether oxygens (including phenoxy) is 1. The highest BCUT2D eigenvalue weighted by molar-refractivity contribution is 6.04. The van der Waals surface area contributed by atoms with Crippen molar-refractivity contribution in [3.05, 3.63) is 65.7 Å². The van der Waals surface area contributed by atoms with Gasteiger partial charge in [0.2, 0.25) is 0 Å². The van der Waals surface area contributed by atoms with Gasteiger partial charge in [-0.15, -0.1) is 0 Å². The highest BCUT2D eigenvalue weighted by Gasteiger charge is 2.45. The number of nitrogens with zero attached hydrogens (tertiary/aromatic N) is 1. The zero-order chi connectivity index (χ0) is 19.6. The van der Waals surface area contributed by atoms with Crippen molar-refractivity contribution in [1.29, 1.82) is 0 Å². The maximum absolute atomic E-state index is 13.2. The van der Waals surface area contributed by atoms with Gasteiger partial charge in [0.15, 0.2) is 11.9 Å². The topological polar surface area (TPSA) is 49.8 Å². The van der Waals surface area contributed by atoms with Gasteiger partial charge in [-0.1, -0.05) is 42.5 Å². The van der Waals surface area contributed by atoms with Crippen LogP contribution in [0.1, 0.15) is 28.9 Å². The number of aliphatic hydroxyl groups excluding tert-OH is 1. The highest BCUT2D eigenvalue weighted by Crippen LogP contribution is 2.32. The minimum absolute atomic E-state index is 0.184. The first-order valence-electron chi connectivity index (χ1n) is 8.60. The number of Topliss-reactive ketones (excluding diaryl/α,β-unsaturated/α-hetero) is 1. The maximum atomic E-state index is 13.2. The summed E-state index contributed by atoms with van der Waals surface area (Å²) in [6.07, 6.45) is -8.45. The van der Waals surface area contributed by atoms with Crippen molar-refractivity contribution in [3.63, 3.8) is 0 Å². The second kappa shape index (κ2) is 7.70. The Balaban J connectivity index is 1.91. The number of alkyl halides is 3. The summed E-state index contributed by atoms with van der Waals surface area (Å²) in [7, 11) is 0. The first kappa shape index (κ1) is 19.4. The minimum Gasteiger partial charge on any atom is -0.380 e. The van der Waals surface area contributed by atoms with Crippen LogP contribution in [0.3, 0.4) is 0 Å². The molecule has 1 unspecified atom stereocenters. The molecule has 1 heterocycles.